The van der Waals surface area contributed by atoms with Gasteiger partial charge in [0, 0.05) is 32.1 Å². The molecule has 126 valence electrons. The van der Waals surface area contributed by atoms with Crippen LogP contribution in [0.3, 0.4) is 0 Å². The van der Waals surface area contributed by atoms with E-state index in [9.17, 15) is 20.0 Å². The molecule has 0 bridgehead atoms. The molecule has 0 radical (unpaired) electrons. The van der Waals surface area contributed by atoms with Crippen LogP contribution < -0.4 is 5.56 Å². The largest absolute Gasteiger partial charge is 0.502 e. The number of nitro groups is 1. The first-order valence-electron chi connectivity index (χ1n) is 7.32. The summed E-state index contributed by atoms with van der Waals surface area (Å²) in [5.41, 5.74) is 1.80. The van der Waals surface area contributed by atoms with Crippen LogP contribution in [0.1, 0.15) is 16.8 Å². The third-order valence-corrected chi connectivity index (χ3v) is 4.54. The number of nitrogens with zero attached hydrogens (tertiary/aromatic N) is 3. The lowest BCUT2D eigenvalue weighted by Gasteiger charge is -2.27. The second-order valence-corrected chi connectivity index (χ2v) is 6.34. The van der Waals surface area contributed by atoms with E-state index in [2.05, 4.69) is 14.9 Å². The predicted molar refractivity (Wildman–Crippen MR) is 89.2 cm³/mol. The number of nitro benzene ring substituents is 1. The average molecular weight is 348 g/mol. The van der Waals surface area contributed by atoms with E-state index in [0.717, 1.165) is 17.8 Å². The second kappa shape index (κ2) is 6.62. The topological polar surface area (TPSA) is 112 Å². The number of aromatic amines is 1. The molecule has 9 heteroatoms. The van der Waals surface area contributed by atoms with Crippen molar-refractivity contribution in [3.63, 3.8) is 0 Å². The highest BCUT2D eigenvalue weighted by Gasteiger charge is 2.22. The monoisotopic (exact) mass is 348 g/mol. The van der Waals surface area contributed by atoms with Crippen molar-refractivity contribution in [1.29, 1.82) is 0 Å². The van der Waals surface area contributed by atoms with Crippen LogP contribution in [0.2, 0.25) is 0 Å². The fraction of sp³-hybridized carbons (Fsp3) is 0.333. The molecule has 1 aliphatic heterocycles. The van der Waals surface area contributed by atoms with Crippen molar-refractivity contribution in [1.82, 2.24) is 14.9 Å². The van der Waals surface area contributed by atoms with E-state index in [-0.39, 0.29) is 17.0 Å². The van der Waals surface area contributed by atoms with Crippen LogP contribution in [0.25, 0.3) is 0 Å². The number of phenols is 1. The standard InChI is InChI=1S/C15H16N4O4S/c1-24-15-16-11-4-5-18(8-10(11)14(21)17-15)7-9-2-3-12(19(22)23)13(20)6-9/h2-3,6,20H,4-5,7-8H2,1H3,(H,16,17,21). The van der Waals surface area contributed by atoms with E-state index < -0.39 is 4.92 Å². The minimum Gasteiger partial charge on any atom is -0.502 e. The van der Waals surface area contributed by atoms with Crippen molar-refractivity contribution in [2.45, 2.75) is 24.7 Å². The van der Waals surface area contributed by atoms with Gasteiger partial charge in [-0.15, -0.1) is 0 Å². The Bertz CT molecular complexity index is 852. The normalized spacial score (nSPS) is 14.4. The molecule has 3 rings (SSSR count). The number of benzene rings is 1. The van der Waals surface area contributed by atoms with E-state index in [1.165, 1.54) is 23.9 Å². The van der Waals surface area contributed by atoms with E-state index in [4.69, 9.17) is 0 Å². The van der Waals surface area contributed by atoms with E-state index in [0.29, 0.717) is 30.2 Å². The molecule has 2 aromatic rings. The molecular formula is C15H16N4O4S. The molecule has 8 nitrogen and oxygen atoms in total. The molecule has 0 unspecified atom stereocenters. The molecule has 2 heterocycles. The molecule has 1 aromatic carbocycles. The summed E-state index contributed by atoms with van der Waals surface area (Å²) in [5.74, 6) is -0.348. The maximum Gasteiger partial charge on any atom is 0.310 e. The van der Waals surface area contributed by atoms with Gasteiger partial charge in [0.1, 0.15) is 0 Å². The maximum atomic E-state index is 12.2. The first-order chi connectivity index (χ1) is 11.5. The van der Waals surface area contributed by atoms with Gasteiger partial charge in [0.25, 0.3) is 5.56 Å². The number of fused-ring (bicyclic) bond motifs is 1. The first kappa shape index (κ1) is 16.5. The summed E-state index contributed by atoms with van der Waals surface area (Å²) in [7, 11) is 0. The molecule has 0 fully saturated rings. The quantitative estimate of drug-likeness (QED) is 0.374. The van der Waals surface area contributed by atoms with Crippen LogP contribution >= 0.6 is 11.8 Å². The van der Waals surface area contributed by atoms with Gasteiger partial charge < -0.3 is 10.1 Å². The number of rotatable bonds is 4. The summed E-state index contributed by atoms with van der Waals surface area (Å²) >= 11 is 1.40. The molecule has 2 N–H and O–H groups in total. The van der Waals surface area contributed by atoms with Crippen molar-refractivity contribution in [3.8, 4) is 5.75 Å². The highest BCUT2D eigenvalue weighted by atomic mass is 32.2. The Balaban J connectivity index is 1.78. The van der Waals surface area contributed by atoms with E-state index in [1.54, 1.807) is 6.07 Å². The lowest BCUT2D eigenvalue weighted by Crippen LogP contribution is -2.35. The fourth-order valence-electron chi connectivity index (χ4n) is 2.77. The van der Waals surface area contributed by atoms with Gasteiger partial charge in [0.15, 0.2) is 10.9 Å². The molecule has 24 heavy (non-hydrogen) atoms. The van der Waals surface area contributed by atoms with Crippen LogP contribution in [-0.2, 0) is 19.5 Å². The zero-order valence-electron chi connectivity index (χ0n) is 13.0. The third kappa shape index (κ3) is 3.26. The molecule has 1 aromatic heterocycles. The van der Waals surface area contributed by atoms with Crippen molar-refractivity contribution in [2.24, 2.45) is 0 Å². The summed E-state index contributed by atoms with van der Waals surface area (Å²) < 4.78 is 0. The first-order valence-corrected chi connectivity index (χ1v) is 8.55. The van der Waals surface area contributed by atoms with Crippen LogP contribution in [-0.4, -0.2) is 37.7 Å². The molecule has 1 aliphatic rings. The van der Waals surface area contributed by atoms with Crippen LogP contribution in [0, 0.1) is 10.1 Å². The molecule has 0 spiro atoms. The third-order valence-electron chi connectivity index (χ3n) is 3.96. The van der Waals surface area contributed by atoms with Gasteiger partial charge in [0.05, 0.1) is 16.2 Å². The molecule has 0 saturated heterocycles. The smallest absolute Gasteiger partial charge is 0.310 e. The number of hydrogen-bond donors (Lipinski definition) is 2. The lowest BCUT2D eigenvalue weighted by atomic mass is 10.1. The lowest BCUT2D eigenvalue weighted by molar-refractivity contribution is -0.385. The molecular weight excluding hydrogens is 332 g/mol. The number of nitrogens with one attached hydrogen (secondary N) is 1. The van der Waals surface area contributed by atoms with Crippen LogP contribution in [0.4, 0.5) is 5.69 Å². The van der Waals surface area contributed by atoms with Gasteiger partial charge in [0.2, 0.25) is 0 Å². The van der Waals surface area contributed by atoms with Gasteiger partial charge in [-0.3, -0.25) is 19.8 Å². The Hall–Kier alpha value is -2.39. The van der Waals surface area contributed by atoms with Gasteiger partial charge in [-0.2, -0.15) is 0 Å². The Morgan fingerprint density at radius 1 is 1.50 bits per heavy atom. The summed E-state index contributed by atoms with van der Waals surface area (Å²) in [6, 6.07) is 4.31. The van der Waals surface area contributed by atoms with Crippen molar-refractivity contribution in [3.05, 3.63) is 55.5 Å². The zero-order chi connectivity index (χ0) is 17.3. The Morgan fingerprint density at radius 3 is 2.96 bits per heavy atom. The summed E-state index contributed by atoms with van der Waals surface area (Å²) in [6.45, 7) is 1.69. The number of hydrogen-bond acceptors (Lipinski definition) is 7. The van der Waals surface area contributed by atoms with Gasteiger partial charge in [-0.1, -0.05) is 17.8 Å². The molecule has 0 saturated carbocycles. The highest BCUT2D eigenvalue weighted by Crippen LogP contribution is 2.27. The number of aromatic hydroxyl groups is 1. The van der Waals surface area contributed by atoms with Crippen molar-refractivity contribution in [2.75, 3.05) is 12.8 Å². The number of H-pyrrole nitrogens is 1. The molecule has 0 aliphatic carbocycles. The van der Waals surface area contributed by atoms with Crippen molar-refractivity contribution >= 4 is 17.4 Å². The molecule has 0 amide bonds. The van der Waals surface area contributed by atoms with Crippen LogP contribution in [0.5, 0.6) is 5.75 Å². The second-order valence-electron chi connectivity index (χ2n) is 5.54. The average Bonchev–Trinajstić information content (AvgIpc) is 2.55. The van der Waals surface area contributed by atoms with Gasteiger partial charge in [-0.05, 0) is 17.9 Å². The fourth-order valence-corrected chi connectivity index (χ4v) is 3.17. The summed E-state index contributed by atoms with van der Waals surface area (Å²) in [5, 5.41) is 21.1. The van der Waals surface area contributed by atoms with E-state index in [1.807, 2.05) is 6.26 Å². The summed E-state index contributed by atoms with van der Waals surface area (Å²) in [6.07, 6.45) is 2.53. The minimum absolute atomic E-state index is 0.124. The van der Waals surface area contributed by atoms with Crippen molar-refractivity contribution < 1.29 is 10.0 Å². The van der Waals surface area contributed by atoms with E-state index >= 15 is 0 Å². The SMILES string of the molecule is CSc1nc2c(c(=O)[nH]1)CN(Cc1ccc([N+](=O)[O-])c(O)c1)CC2. The zero-order valence-corrected chi connectivity index (χ0v) is 13.8. The Labute approximate surface area is 141 Å². The summed E-state index contributed by atoms with van der Waals surface area (Å²) in [4.78, 5) is 31.5. The molecule has 0 atom stereocenters. The minimum atomic E-state index is -0.620. The highest BCUT2D eigenvalue weighted by molar-refractivity contribution is 7.98. The Morgan fingerprint density at radius 2 is 2.29 bits per heavy atom. The van der Waals surface area contributed by atoms with Gasteiger partial charge >= 0.3 is 5.69 Å². The Kier molecular flexibility index (Phi) is 4.54. The number of phenolic OH excluding ortho intramolecular Hbond substituents is 1. The number of thioether (sulfide) groups is 1. The van der Waals surface area contributed by atoms with Gasteiger partial charge in [-0.25, -0.2) is 4.98 Å². The predicted octanol–water partition coefficient (Wildman–Crippen LogP) is 1.66. The van der Waals surface area contributed by atoms with Crippen LogP contribution in [0.15, 0.2) is 28.2 Å². The number of aromatic nitrogens is 2. The maximum absolute atomic E-state index is 12.2.